The molecule has 3 aromatic rings. The molecule has 0 unspecified atom stereocenters. The first-order valence-corrected chi connectivity index (χ1v) is 10.5. The second-order valence-corrected chi connectivity index (χ2v) is 7.65. The predicted molar refractivity (Wildman–Crippen MR) is 113 cm³/mol. The Morgan fingerprint density at radius 3 is 2.66 bits per heavy atom. The minimum Gasteiger partial charge on any atom is -0.494 e. The fraction of sp³-hybridized carbons (Fsp3) is 0.364. The van der Waals surface area contributed by atoms with Crippen LogP contribution in [-0.2, 0) is 11.3 Å². The van der Waals surface area contributed by atoms with Crippen LogP contribution in [0.2, 0.25) is 0 Å². The first kappa shape index (κ1) is 21.2. The van der Waals surface area contributed by atoms with Gasteiger partial charge in [0, 0.05) is 19.2 Å². The van der Waals surface area contributed by atoms with Crippen LogP contribution in [0.3, 0.4) is 0 Å². The summed E-state index contributed by atoms with van der Waals surface area (Å²) in [5, 5.41) is 0. The number of carbonyl (C=O) groups excluding carboxylic acids is 1. The lowest BCUT2D eigenvalue weighted by atomic mass is 10.2. The molecule has 0 fully saturated rings. The van der Waals surface area contributed by atoms with Gasteiger partial charge in [-0.25, -0.2) is 4.39 Å². The van der Waals surface area contributed by atoms with Crippen LogP contribution in [0.4, 0.5) is 4.39 Å². The van der Waals surface area contributed by atoms with Crippen molar-refractivity contribution in [2.45, 2.75) is 32.7 Å². The Balaban J connectivity index is 1.83. The molecule has 1 amide bonds. The number of fused-ring (bicyclic) bond motifs is 1. The van der Waals surface area contributed by atoms with Crippen molar-refractivity contribution >= 4 is 27.5 Å². The number of amides is 1. The predicted octanol–water partition coefficient (Wildman–Crippen LogP) is 4.80. The van der Waals surface area contributed by atoms with E-state index >= 15 is 0 Å². The highest BCUT2D eigenvalue weighted by atomic mass is 32.1. The zero-order chi connectivity index (χ0) is 20.6. The van der Waals surface area contributed by atoms with Gasteiger partial charge in [0.2, 0.25) is 0 Å². The molecule has 3 rings (SSSR count). The van der Waals surface area contributed by atoms with Gasteiger partial charge in [0.25, 0.3) is 5.91 Å². The van der Waals surface area contributed by atoms with E-state index in [1.807, 2.05) is 4.57 Å². The lowest BCUT2D eigenvalue weighted by Crippen LogP contribution is -2.19. The first-order chi connectivity index (χ1) is 14.1. The molecular formula is C22H25FN2O3S. The number of rotatable bonds is 9. The second-order valence-electron chi connectivity index (χ2n) is 6.64. The number of benzene rings is 2. The zero-order valence-corrected chi connectivity index (χ0v) is 17.5. The van der Waals surface area contributed by atoms with Gasteiger partial charge in [0.1, 0.15) is 11.6 Å². The van der Waals surface area contributed by atoms with Crippen LogP contribution < -0.4 is 9.54 Å². The van der Waals surface area contributed by atoms with Crippen molar-refractivity contribution in [1.29, 1.82) is 0 Å². The summed E-state index contributed by atoms with van der Waals surface area (Å²) < 4.78 is 27.1. The Labute approximate surface area is 173 Å². The molecule has 1 aromatic heterocycles. The van der Waals surface area contributed by atoms with Crippen molar-refractivity contribution in [3.05, 3.63) is 58.6 Å². The van der Waals surface area contributed by atoms with Gasteiger partial charge in [-0.2, -0.15) is 4.99 Å². The van der Waals surface area contributed by atoms with Crippen molar-refractivity contribution < 1.29 is 18.7 Å². The summed E-state index contributed by atoms with van der Waals surface area (Å²) in [5.41, 5.74) is 1.31. The van der Waals surface area contributed by atoms with Gasteiger partial charge in [0.05, 0.1) is 23.4 Å². The van der Waals surface area contributed by atoms with Gasteiger partial charge in [-0.05, 0) is 48.9 Å². The standard InChI is InChI=1S/C22H25FN2O3S/c1-3-4-5-13-28-18-9-6-16(7-10-18)21(26)24-22-25(12-14-27-2)19-11-8-17(23)15-20(19)29-22/h6-11,15H,3-5,12-14H2,1-2H3. The van der Waals surface area contributed by atoms with Crippen LogP contribution in [0.5, 0.6) is 5.75 Å². The van der Waals surface area contributed by atoms with Crippen LogP contribution in [-0.4, -0.2) is 30.8 Å². The summed E-state index contributed by atoms with van der Waals surface area (Å²) in [5.74, 6) is 0.0796. The fourth-order valence-electron chi connectivity index (χ4n) is 2.92. The number of hydrogen-bond acceptors (Lipinski definition) is 4. The maximum atomic E-state index is 13.6. The van der Waals surface area contributed by atoms with E-state index in [0.29, 0.717) is 30.1 Å². The van der Waals surface area contributed by atoms with E-state index < -0.39 is 0 Å². The molecular weight excluding hydrogens is 391 g/mol. The smallest absolute Gasteiger partial charge is 0.279 e. The minimum absolute atomic E-state index is 0.315. The number of aromatic nitrogens is 1. The highest BCUT2D eigenvalue weighted by molar-refractivity contribution is 7.16. The third-order valence-electron chi connectivity index (χ3n) is 4.48. The average molecular weight is 417 g/mol. The van der Waals surface area contributed by atoms with Crippen molar-refractivity contribution in [3.63, 3.8) is 0 Å². The third-order valence-corrected chi connectivity index (χ3v) is 5.52. The summed E-state index contributed by atoms with van der Waals surface area (Å²) >= 11 is 1.29. The molecule has 0 bridgehead atoms. The number of carbonyl (C=O) groups is 1. The molecule has 0 spiro atoms. The van der Waals surface area contributed by atoms with Gasteiger partial charge in [-0.15, -0.1) is 0 Å². The molecule has 29 heavy (non-hydrogen) atoms. The van der Waals surface area contributed by atoms with Crippen LogP contribution in [0.25, 0.3) is 10.2 Å². The van der Waals surface area contributed by atoms with E-state index in [2.05, 4.69) is 11.9 Å². The van der Waals surface area contributed by atoms with E-state index in [1.54, 1.807) is 37.4 Å². The van der Waals surface area contributed by atoms with E-state index in [-0.39, 0.29) is 11.7 Å². The molecule has 0 saturated heterocycles. The van der Waals surface area contributed by atoms with E-state index in [0.717, 1.165) is 35.2 Å². The molecule has 0 saturated carbocycles. The molecule has 0 atom stereocenters. The topological polar surface area (TPSA) is 52.8 Å². The molecule has 1 heterocycles. The van der Waals surface area contributed by atoms with Crippen LogP contribution in [0.1, 0.15) is 36.5 Å². The van der Waals surface area contributed by atoms with Gasteiger partial charge in [-0.1, -0.05) is 31.1 Å². The highest BCUT2D eigenvalue weighted by Gasteiger charge is 2.10. The number of methoxy groups -OCH3 is 1. The number of ether oxygens (including phenoxy) is 2. The molecule has 2 aromatic carbocycles. The first-order valence-electron chi connectivity index (χ1n) is 9.72. The van der Waals surface area contributed by atoms with Crippen molar-refractivity contribution in [1.82, 2.24) is 4.57 Å². The van der Waals surface area contributed by atoms with Gasteiger partial charge in [-0.3, -0.25) is 4.79 Å². The quantitative estimate of drug-likeness (QED) is 0.471. The monoisotopic (exact) mass is 416 g/mol. The molecule has 0 N–H and O–H groups in total. The van der Waals surface area contributed by atoms with Gasteiger partial charge in [0.15, 0.2) is 4.80 Å². The summed E-state index contributed by atoms with van der Waals surface area (Å²) in [6, 6.07) is 11.6. The number of hydrogen-bond donors (Lipinski definition) is 0. The number of unbranched alkanes of at least 4 members (excludes halogenated alkanes) is 2. The molecule has 0 aliphatic heterocycles. The summed E-state index contributed by atoms with van der Waals surface area (Å²) in [7, 11) is 1.61. The molecule has 5 nitrogen and oxygen atoms in total. The molecule has 0 aliphatic rings. The Morgan fingerprint density at radius 2 is 1.93 bits per heavy atom. The maximum absolute atomic E-state index is 13.6. The Morgan fingerprint density at radius 1 is 1.14 bits per heavy atom. The lowest BCUT2D eigenvalue weighted by molar-refractivity contribution is 0.0997. The van der Waals surface area contributed by atoms with Crippen molar-refractivity contribution in [2.75, 3.05) is 20.3 Å². The molecule has 154 valence electrons. The van der Waals surface area contributed by atoms with Gasteiger partial charge < -0.3 is 14.0 Å². The normalized spacial score (nSPS) is 11.9. The fourth-order valence-corrected chi connectivity index (χ4v) is 4.00. The Bertz CT molecular complexity index is 1020. The number of nitrogens with zero attached hydrogens (tertiary/aromatic N) is 2. The van der Waals surface area contributed by atoms with Crippen molar-refractivity contribution in [2.24, 2.45) is 4.99 Å². The number of thiazole rings is 1. The molecule has 0 aliphatic carbocycles. The van der Waals surface area contributed by atoms with Crippen LogP contribution >= 0.6 is 11.3 Å². The van der Waals surface area contributed by atoms with E-state index in [4.69, 9.17) is 9.47 Å². The van der Waals surface area contributed by atoms with Gasteiger partial charge >= 0.3 is 0 Å². The number of halogens is 1. The highest BCUT2D eigenvalue weighted by Crippen LogP contribution is 2.19. The minimum atomic E-state index is -0.347. The van der Waals surface area contributed by atoms with E-state index in [9.17, 15) is 9.18 Å². The zero-order valence-electron chi connectivity index (χ0n) is 16.7. The SMILES string of the molecule is CCCCCOc1ccc(C(=O)N=c2sc3cc(F)ccc3n2CCOC)cc1. The van der Waals surface area contributed by atoms with Crippen LogP contribution in [0.15, 0.2) is 47.5 Å². The van der Waals surface area contributed by atoms with Crippen LogP contribution in [0, 0.1) is 5.82 Å². The largest absolute Gasteiger partial charge is 0.494 e. The Hall–Kier alpha value is -2.51. The van der Waals surface area contributed by atoms with Crippen molar-refractivity contribution in [3.8, 4) is 5.75 Å². The lowest BCUT2D eigenvalue weighted by Gasteiger charge is -2.06. The second kappa shape index (κ2) is 10.3. The third kappa shape index (κ3) is 5.52. The summed E-state index contributed by atoms with van der Waals surface area (Å²) in [6.45, 7) is 3.81. The molecule has 7 heteroatoms. The Kier molecular flexibility index (Phi) is 7.55. The average Bonchev–Trinajstić information content (AvgIpc) is 3.05. The van der Waals surface area contributed by atoms with E-state index in [1.165, 1.54) is 23.5 Å². The summed E-state index contributed by atoms with van der Waals surface area (Å²) in [4.78, 5) is 17.5. The maximum Gasteiger partial charge on any atom is 0.279 e. The summed E-state index contributed by atoms with van der Waals surface area (Å²) in [6.07, 6.45) is 3.30. The molecule has 0 radical (unpaired) electrons.